The van der Waals surface area contributed by atoms with Crippen LogP contribution in [0.4, 0.5) is 0 Å². The van der Waals surface area contributed by atoms with E-state index in [1.54, 1.807) is 23.5 Å². The fourth-order valence-corrected chi connectivity index (χ4v) is 9.78. The first-order valence-corrected chi connectivity index (χ1v) is 20.6. The normalized spacial score (nSPS) is 16.6. The highest BCUT2D eigenvalue weighted by Gasteiger charge is 2.43. The van der Waals surface area contributed by atoms with Crippen molar-refractivity contribution in [1.29, 1.82) is 0 Å². The average Bonchev–Trinajstić information content (AvgIpc) is 3.43. The van der Waals surface area contributed by atoms with Crippen LogP contribution >= 0.6 is 11.3 Å². The number of fused-ring (bicyclic) bond motifs is 3. The molecule has 1 aromatic heterocycles. The zero-order chi connectivity index (χ0) is 31.2. The van der Waals surface area contributed by atoms with Crippen LogP contribution in [0, 0.1) is 11.8 Å². The maximum atomic E-state index is 14.4. The number of carbonyl (C=O) groups excluding carboxylic acids is 4. The summed E-state index contributed by atoms with van der Waals surface area (Å²) in [6.45, 7) is 16.1. The monoisotopic (exact) mass is 618 g/mol. The predicted octanol–water partition coefficient (Wildman–Crippen LogP) is 8.22. The van der Waals surface area contributed by atoms with Gasteiger partial charge in [0.2, 0.25) is 0 Å². The van der Waals surface area contributed by atoms with Gasteiger partial charge < -0.3 is 0 Å². The van der Waals surface area contributed by atoms with Crippen LogP contribution in [-0.2, 0) is 0 Å². The number of hydrogen-bond donors (Lipinski definition) is 0. The molecule has 0 spiro atoms. The van der Waals surface area contributed by atoms with Crippen LogP contribution in [0.3, 0.4) is 0 Å². The molecule has 2 unspecified atom stereocenters. The van der Waals surface area contributed by atoms with Gasteiger partial charge in [0, 0.05) is 45.1 Å². The van der Waals surface area contributed by atoms with Crippen molar-refractivity contribution >= 4 is 68.4 Å². The molecule has 0 saturated heterocycles. The van der Waals surface area contributed by atoms with Gasteiger partial charge in [0.05, 0.1) is 19.2 Å². The number of hydrogen-bond acceptors (Lipinski definition) is 5. The largest absolute Gasteiger partial charge is 0.274 e. The summed E-state index contributed by atoms with van der Waals surface area (Å²) in [5, 5.41) is 1.75. The lowest BCUT2D eigenvalue weighted by Crippen LogP contribution is -2.45. The number of benzene rings is 2. The molecule has 3 heterocycles. The van der Waals surface area contributed by atoms with Crippen LogP contribution in [0.2, 0.25) is 19.6 Å². The summed E-state index contributed by atoms with van der Waals surface area (Å²) in [4.78, 5) is 59.7. The van der Waals surface area contributed by atoms with Crippen molar-refractivity contribution in [3.05, 3.63) is 40.5 Å². The van der Waals surface area contributed by atoms with Gasteiger partial charge in [-0.2, -0.15) is 0 Å². The Morgan fingerprint density at radius 1 is 0.698 bits per heavy atom. The quantitative estimate of drug-likeness (QED) is 0.143. The van der Waals surface area contributed by atoms with Crippen LogP contribution in [0.1, 0.15) is 120 Å². The van der Waals surface area contributed by atoms with Gasteiger partial charge in [-0.25, -0.2) is 0 Å². The lowest BCUT2D eigenvalue weighted by Gasteiger charge is -2.34. The van der Waals surface area contributed by atoms with Crippen molar-refractivity contribution in [2.45, 2.75) is 98.7 Å². The molecule has 5 rings (SSSR count). The van der Waals surface area contributed by atoms with E-state index in [2.05, 4.69) is 53.4 Å². The van der Waals surface area contributed by atoms with Crippen LogP contribution in [0.15, 0.2) is 18.2 Å². The maximum absolute atomic E-state index is 14.4. The Morgan fingerprint density at radius 3 is 1.60 bits per heavy atom. The van der Waals surface area contributed by atoms with Crippen LogP contribution in [0.25, 0.3) is 20.9 Å². The van der Waals surface area contributed by atoms with Gasteiger partial charge >= 0.3 is 0 Å². The molecule has 0 N–H and O–H groups in total. The van der Waals surface area contributed by atoms with Gasteiger partial charge in [-0.1, -0.05) is 85.9 Å². The Hall–Kier alpha value is -2.84. The van der Waals surface area contributed by atoms with Crippen molar-refractivity contribution in [2.24, 2.45) is 11.8 Å². The second kappa shape index (κ2) is 12.3. The van der Waals surface area contributed by atoms with Crippen molar-refractivity contribution in [2.75, 3.05) is 13.1 Å². The highest BCUT2D eigenvalue weighted by Crippen LogP contribution is 2.45. The number of carbonyl (C=O) groups is 4. The van der Waals surface area contributed by atoms with E-state index in [4.69, 9.17) is 0 Å². The summed E-state index contributed by atoms with van der Waals surface area (Å²) in [7, 11) is -1.82. The third-order valence-electron chi connectivity index (χ3n) is 9.51. The van der Waals surface area contributed by atoms with Crippen LogP contribution in [-0.4, -0.2) is 54.6 Å². The molecular formula is C35H46N2O4SSi. The molecule has 2 aromatic carbocycles. The van der Waals surface area contributed by atoms with Gasteiger partial charge in [0.25, 0.3) is 23.6 Å². The molecule has 230 valence electrons. The molecule has 0 bridgehead atoms. The number of imide groups is 2. The lowest BCUT2D eigenvalue weighted by atomic mass is 9.83. The number of rotatable bonds is 13. The number of amides is 4. The lowest BCUT2D eigenvalue weighted by molar-refractivity contribution is 0.0561. The van der Waals surface area contributed by atoms with E-state index in [9.17, 15) is 19.2 Å². The van der Waals surface area contributed by atoms with Crippen molar-refractivity contribution in [3.8, 4) is 0 Å². The SMILES string of the molecule is CCCCC(CC)CN1C(=O)c2ccc3c4c(c5sc([Si](C)(C)C)cc5c(c24)C1=O)C(=O)N(CC(CC)CCCC)C3=O. The number of thiophene rings is 1. The van der Waals surface area contributed by atoms with Crippen LogP contribution < -0.4 is 4.50 Å². The fraction of sp³-hybridized carbons (Fsp3) is 0.543. The fourth-order valence-electron chi connectivity index (χ4n) is 6.71. The molecule has 6 nitrogen and oxygen atoms in total. The molecule has 2 aliphatic heterocycles. The Bertz CT molecular complexity index is 1510. The van der Waals surface area contributed by atoms with E-state index in [-0.39, 0.29) is 35.5 Å². The first-order chi connectivity index (χ1) is 20.5. The molecule has 0 radical (unpaired) electrons. The topological polar surface area (TPSA) is 74.8 Å². The standard InChI is InChI=1S/C35H46N2O4SSi/c1-8-12-14-21(10-3)19-36-32(38)23-16-17-24-28-27(23)29(34(36)40)25-18-26(43(5,6)7)42-31(25)30(28)35(41)37(33(24)39)20-22(11-4)15-13-9-2/h16-18,21-22H,8-15,19-20H2,1-7H3. The summed E-state index contributed by atoms with van der Waals surface area (Å²) in [5.41, 5.74) is 1.83. The van der Waals surface area contributed by atoms with Crippen LogP contribution in [0.5, 0.6) is 0 Å². The van der Waals surface area contributed by atoms with E-state index in [0.717, 1.165) is 61.5 Å². The maximum Gasteiger partial charge on any atom is 0.262 e. The number of nitrogens with zero attached hydrogens (tertiary/aromatic N) is 2. The predicted molar refractivity (Wildman–Crippen MR) is 180 cm³/mol. The minimum absolute atomic E-state index is 0.230. The van der Waals surface area contributed by atoms with Gasteiger partial charge in [-0.15, -0.1) is 11.3 Å². The third-order valence-corrected chi connectivity index (χ3v) is 14.2. The molecule has 2 aliphatic rings. The molecule has 2 atom stereocenters. The highest BCUT2D eigenvalue weighted by atomic mass is 32.1. The van der Waals surface area contributed by atoms with Gasteiger partial charge in [-0.3, -0.25) is 29.0 Å². The van der Waals surface area contributed by atoms with E-state index in [1.807, 2.05) is 0 Å². The average molecular weight is 619 g/mol. The Balaban J connectivity index is 1.74. The highest BCUT2D eigenvalue weighted by molar-refractivity contribution is 7.31. The Kier molecular flexibility index (Phi) is 9.01. The summed E-state index contributed by atoms with van der Waals surface area (Å²) in [6, 6.07) is 5.55. The van der Waals surface area contributed by atoms with E-state index in [0.29, 0.717) is 46.1 Å². The second-order valence-corrected chi connectivity index (χ2v) is 20.0. The molecule has 0 aliphatic carbocycles. The van der Waals surface area contributed by atoms with E-state index < -0.39 is 8.07 Å². The van der Waals surface area contributed by atoms with Crippen molar-refractivity contribution < 1.29 is 19.2 Å². The minimum Gasteiger partial charge on any atom is -0.274 e. The molecular weight excluding hydrogens is 573 g/mol. The zero-order valence-corrected chi connectivity index (χ0v) is 28.7. The summed E-state index contributed by atoms with van der Waals surface area (Å²) in [6.07, 6.45) is 7.96. The van der Waals surface area contributed by atoms with Gasteiger partial charge in [0.1, 0.15) is 0 Å². The number of unbranched alkanes of at least 4 members (excludes halogenated alkanes) is 2. The molecule has 3 aromatic rings. The molecule has 8 heteroatoms. The summed E-state index contributed by atoms with van der Waals surface area (Å²) < 4.78 is 1.98. The molecule has 43 heavy (non-hydrogen) atoms. The second-order valence-electron chi connectivity index (χ2n) is 13.5. The molecule has 0 saturated carbocycles. The zero-order valence-electron chi connectivity index (χ0n) is 26.9. The van der Waals surface area contributed by atoms with Gasteiger partial charge in [0.15, 0.2) is 0 Å². The minimum atomic E-state index is -1.82. The third kappa shape index (κ3) is 5.39. The van der Waals surface area contributed by atoms with E-state index >= 15 is 0 Å². The first kappa shape index (κ1) is 31.6. The molecule has 4 amide bonds. The first-order valence-electron chi connectivity index (χ1n) is 16.3. The molecule has 0 fully saturated rings. The smallest absolute Gasteiger partial charge is 0.262 e. The Morgan fingerprint density at radius 2 is 1.16 bits per heavy atom. The van der Waals surface area contributed by atoms with Crippen molar-refractivity contribution in [1.82, 2.24) is 9.80 Å². The van der Waals surface area contributed by atoms with Crippen molar-refractivity contribution in [3.63, 3.8) is 0 Å². The van der Waals surface area contributed by atoms with E-state index in [1.165, 1.54) is 14.3 Å². The summed E-state index contributed by atoms with van der Waals surface area (Å²) in [5.74, 6) is -0.771. The summed E-state index contributed by atoms with van der Waals surface area (Å²) >= 11 is 1.60. The Labute approximate surface area is 260 Å². The van der Waals surface area contributed by atoms with Gasteiger partial charge in [-0.05, 0) is 47.4 Å².